The Bertz CT molecular complexity index is 587. The van der Waals surface area contributed by atoms with E-state index in [1.807, 2.05) is 12.1 Å². The highest BCUT2D eigenvalue weighted by atomic mass is 16.5. The van der Waals surface area contributed by atoms with E-state index in [9.17, 15) is 4.79 Å². The van der Waals surface area contributed by atoms with Gasteiger partial charge in [-0.1, -0.05) is 19.1 Å². The monoisotopic (exact) mass is 300 g/mol. The molecule has 0 radical (unpaired) electrons. The lowest BCUT2D eigenvalue weighted by molar-refractivity contribution is 0.0697. The van der Waals surface area contributed by atoms with Crippen LogP contribution >= 0.6 is 0 Å². The highest BCUT2D eigenvalue weighted by molar-refractivity contribution is 5.87. The number of ether oxygens (including phenoxy) is 2. The Hall–Kier alpha value is -2.49. The third-order valence-corrected chi connectivity index (χ3v) is 3.26. The molecule has 0 bridgehead atoms. The quantitative estimate of drug-likeness (QED) is 0.753. The van der Waals surface area contributed by atoms with Crippen LogP contribution in [0.15, 0.2) is 48.5 Å². The Labute approximate surface area is 130 Å². The van der Waals surface area contributed by atoms with Gasteiger partial charge >= 0.3 is 5.97 Å². The van der Waals surface area contributed by atoms with Crippen molar-refractivity contribution in [2.24, 2.45) is 0 Å². The first-order chi connectivity index (χ1) is 10.7. The van der Waals surface area contributed by atoms with Crippen LogP contribution in [0.2, 0.25) is 0 Å². The lowest BCUT2D eigenvalue weighted by atomic mass is 10.2. The molecular weight excluding hydrogens is 280 g/mol. The minimum absolute atomic E-state index is 0.256. The molecule has 0 fully saturated rings. The van der Waals surface area contributed by atoms with Gasteiger partial charge in [0, 0.05) is 6.42 Å². The van der Waals surface area contributed by atoms with Crippen molar-refractivity contribution in [3.63, 3.8) is 0 Å². The van der Waals surface area contributed by atoms with Gasteiger partial charge in [-0.2, -0.15) is 0 Å². The fourth-order valence-corrected chi connectivity index (χ4v) is 1.95. The molecule has 0 saturated heterocycles. The van der Waals surface area contributed by atoms with Gasteiger partial charge in [-0.05, 0) is 48.4 Å². The zero-order valence-electron chi connectivity index (χ0n) is 12.6. The molecule has 0 aromatic heterocycles. The van der Waals surface area contributed by atoms with Crippen LogP contribution in [0.3, 0.4) is 0 Å². The van der Waals surface area contributed by atoms with Crippen LogP contribution in [0.25, 0.3) is 0 Å². The molecule has 0 saturated carbocycles. The average molecular weight is 300 g/mol. The van der Waals surface area contributed by atoms with Gasteiger partial charge in [0.2, 0.25) is 0 Å². The van der Waals surface area contributed by atoms with E-state index in [-0.39, 0.29) is 5.56 Å². The van der Waals surface area contributed by atoms with Crippen molar-refractivity contribution in [2.45, 2.75) is 19.8 Å². The van der Waals surface area contributed by atoms with E-state index in [4.69, 9.17) is 14.6 Å². The van der Waals surface area contributed by atoms with Gasteiger partial charge in [-0.3, -0.25) is 0 Å². The molecule has 4 nitrogen and oxygen atoms in total. The second kappa shape index (κ2) is 8.08. The fourth-order valence-electron chi connectivity index (χ4n) is 1.95. The molecule has 22 heavy (non-hydrogen) atoms. The molecule has 116 valence electrons. The predicted octanol–water partition coefficient (Wildman–Crippen LogP) is 3.80. The summed E-state index contributed by atoms with van der Waals surface area (Å²) >= 11 is 0. The van der Waals surface area contributed by atoms with Crippen LogP contribution in [0.5, 0.6) is 11.5 Å². The third-order valence-electron chi connectivity index (χ3n) is 3.26. The maximum atomic E-state index is 10.7. The van der Waals surface area contributed by atoms with E-state index in [2.05, 4.69) is 19.1 Å². The van der Waals surface area contributed by atoms with E-state index < -0.39 is 5.97 Å². The van der Waals surface area contributed by atoms with Gasteiger partial charge in [0.15, 0.2) is 0 Å². The fraction of sp³-hybridized carbons (Fsp3) is 0.278. The predicted molar refractivity (Wildman–Crippen MR) is 84.8 cm³/mol. The van der Waals surface area contributed by atoms with E-state index in [1.165, 1.54) is 17.7 Å². The molecule has 0 atom stereocenters. The Morgan fingerprint density at radius 2 is 1.41 bits per heavy atom. The van der Waals surface area contributed by atoms with E-state index in [0.717, 1.165) is 18.6 Å². The van der Waals surface area contributed by atoms with Crippen molar-refractivity contribution >= 4 is 5.97 Å². The summed E-state index contributed by atoms with van der Waals surface area (Å²) in [5, 5.41) is 8.81. The van der Waals surface area contributed by atoms with Gasteiger partial charge in [-0.25, -0.2) is 4.79 Å². The summed E-state index contributed by atoms with van der Waals surface area (Å²) in [6, 6.07) is 14.5. The molecule has 2 rings (SSSR count). The Balaban J connectivity index is 1.67. The standard InChI is InChI=1S/C18H20O4/c1-2-14-4-8-16(9-5-14)21-12-3-13-22-17-10-6-15(7-11-17)18(19)20/h4-11H,2-3,12-13H2,1H3,(H,19,20). The molecule has 0 heterocycles. The second-order valence-electron chi connectivity index (χ2n) is 4.88. The van der Waals surface area contributed by atoms with Gasteiger partial charge < -0.3 is 14.6 Å². The smallest absolute Gasteiger partial charge is 0.335 e. The first kappa shape index (κ1) is 15.9. The molecule has 0 unspecified atom stereocenters. The number of aromatic carboxylic acids is 1. The molecule has 0 aliphatic rings. The minimum atomic E-state index is -0.936. The van der Waals surface area contributed by atoms with Crippen molar-refractivity contribution in [1.29, 1.82) is 0 Å². The Kier molecular flexibility index (Phi) is 5.83. The van der Waals surface area contributed by atoms with Gasteiger partial charge in [0.25, 0.3) is 0 Å². The average Bonchev–Trinajstić information content (AvgIpc) is 2.55. The lowest BCUT2D eigenvalue weighted by Gasteiger charge is -2.08. The van der Waals surface area contributed by atoms with Crippen LogP contribution < -0.4 is 9.47 Å². The zero-order valence-corrected chi connectivity index (χ0v) is 12.6. The van der Waals surface area contributed by atoms with Crippen LogP contribution in [-0.2, 0) is 6.42 Å². The first-order valence-electron chi connectivity index (χ1n) is 7.37. The van der Waals surface area contributed by atoms with Crippen LogP contribution in [0.1, 0.15) is 29.3 Å². The molecule has 0 aliphatic carbocycles. The molecule has 4 heteroatoms. The van der Waals surface area contributed by atoms with Gasteiger partial charge in [0.1, 0.15) is 11.5 Å². The topological polar surface area (TPSA) is 55.8 Å². The van der Waals surface area contributed by atoms with Crippen molar-refractivity contribution in [1.82, 2.24) is 0 Å². The SMILES string of the molecule is CCc1ccc(OCCCOc2ccc(C(=O)O)cc2)cc1. The zero-order chi connectivity index (χ0) is 15.8. The number of hydrogen-bond donors (Lipinski definition) is 1. The van der Waals surface area contributed by atoms with Crippen molar-refractivity contribution in [3.05, 3.63) is 59.7 Å². The summed E-state index contributed by atoms with van der Waals surface area (Å²) in [6.07, 6.45) is 1.78. The Morgan fingerprint density at radius 1 is 0.909 bits per heavy atom. The lowest BCUT2D eigenvalue weighted by Crippen LogP contribution is -2.05. The van der Waals surface area contributed by atoms with Crippen molar-refractivity contribution < 1.29 is 19.4 Å². The number of carboxylic acids is 1. The summed E-state index contributed by atoms with van der Waals surface area (Å²) in [6.45, 7) is 3.23. The molecule has 0 amide bonds. The van der Waals surface area contributed by atoms with E-state index in [0.29, 0.717) is 19.0 Å². The Morgan fingerprint density at radius 3 is 1.86 bits per heavy atom. The highest BCUT2D eigenvalue weighted by Crippen LogP contribution is 2.14. The molecule has 2 aromatic rings. The maximum absolute atomic E-state index is 10.7. The first-order valence-corrected chi connectivity index (χ1v) is 7.37. The molecule has 0 spiro atoms. The number of carbonyl (C=O) groups is 1. The van der Waals surface area contributed by atoms with Crippen LogP contribution in [0, 0.1) is 0 Å². The highest BCUT2D eigenvalue weighted by Gasteiger charge is 2.02. The van der Waals surface area contributed by atoms with E-state index in [1.54, 1.807) is 12.1 Å². The summed E-state index contributed by atoms with van der Waals surface area (Å²) in [5.41, 5.74) is 1.55. The number of rotatable bonds is 8. The molecule has 0 aliphatic heterocycles. The summed E-state index contributed by atoms with van der Waals surface area (Å²) in [4.78, 5) is 10.7. The van der Waals surface area contributed by atoms with Crippen LogP contribution in [0.4, 0.5) is 0 Å². The maximum Gasteiger partial charge on any atom is 0.335 e. The summed E-state index contributed by atoms with van der Waals surface area (Å²) in [5.74, 6) is 0.592. The summed E-state index contributed by atoms with van der Waals surface area (Å²) < 4.78 is 11.2. The molecule has 1 N–H and O–H groups in total. The van der Waals surface area contributed by atoms with Gasteiger partial charge in [-0.15, -0.1) is 0 Å². The number of benzene rings is 2. The van der Waals surface area contributed by atoms with Crippen LogP contribution in [-0.4, -0.2) is 24.3 Å². The van der Waals surface area contributed by atoms with E-state index >= 15 is 0 Å². The largest absolute Gasteiger partial charge is 0.493 e. The third kappa shape index (κ3) is 4.81. The molecular formula is C18H20O4. The minimum Gasteiger partial charge on any atom is -0.493 e. The number of aryl methyl sites for hydroxylation is 1. The summed E-state index contributed by atoms with van der Waals surface area (Å²) in [7, 11) is 0. The van der Waals surface area contributed by atoms with Crippen molar-refractivity contribution in [3.8, 4) is 11.5 Å². The van der Waals surface area contributed by atoms with Gasteiger partial charge in [0.05, 0.1) is 18.8 Å². The number of hydrogen-bond acceptors (Lipinski definition) is 3. The normalized spacial score (nSPS) is 10.2. The second-order valence-corrected chi connectivity index (χ2v) is 4.88. The van der Waals surface area contributed by atoms with Crippen molar-refractivity contribution in [2.75, 3.05) is 13.2 Å². The molecule has 2 aromatic carbocycles. The number of carboxylic acid groups (broad SMARTS) is 1.